The molecule has 0 aliphatic rings. The first kappa shape index (κ1) is 14.9. The second-order valence-electron chi connectivity index (χ2n) is 2.27. The maximum absolute atomic E-state index is 9.97. The van der Waals surface area contributed by atoms with Gasteiger partial charge in [0.05, 0.1) is 6.61 Å². The van der Waals surface area contributed by atoms with Crippen LogP contribution in [0.3, 0.4) is 0 Å². The van der Waals surface area contributed by atoms with Crippen LogP contribution >= 0.6 is 16.4 Å². The van der Waals surface area contributed by atoms with Gasteiger partial charge in [-0.2, -0.15) is 0 Å². The molecule has 0 saturated carbocycles. The van der Waals surface area contributed by atoms with Crippen LogP contribution in [-0.2, 0) is 9.09 Å². The smallest absolute Gasteiger partial charge is 0.350 e. The number of hydrogen-bond donors (Lipinski definition) is 2. The molecule has 0 amide bonds. The van der Waals surface area contributed by atoms with Crippen LogP contribution in [0.1, 0.15) is 20.8 Å². The van der Waals surface area contributed by atoms with E-state index in [9.17, 15) is 4.57 Å². The molecular formula is C6H17O4P2+. The zero-order chi connectivity index (χ0) is 10.1. The van der Waals surface area contributed by atoms with Gasteiger partial charge in [-0.15, -0.1) is 4.52 Å². The van der Waals surface area contributed by atoms with Crippen molar-refractivity contribution in [2.45, 2.75) is 26.4 Å². The van der Waals surface area contributed by atoms with E-state index in [0.717, 1.165) is 0 Å². The van der Waals surface area contributed by atoms with E-state index >= 15 is 0 Å². The second-order valence-corrected chi connectivity index (χ2v) is 5.08. The molecule has 0 aliphatic carbocycles. The van der Waals surface area contributed by atoms with Gasteiger partial charge in [0.25, 0.3) is 0 Å². The highest BCUT2D eigenvalue weighted by Crippen LogP contribution is 2.28. The van der Waals surface area contributed by atoms with Crippen molar-refractivity contribution in [3.05, 3.63) is 0 Å². The van der Waals surface area contributed by atoms with Gasteiger partial charge in [0.1, 0.15) is 0 Å². The third-order valence-corrected chi connectivity index (χ3v) is 2.32. The highest BCUT2D eigenvalue weighted by Gasteiger charge is 2.01. The summed E-state index contributed by atoms with van der Waals surface area (Å²) in [6, 6.07) is 0. The van der Waals surface area contributed by atoms with Crippen LogP contribution in [0, 0.1) is 0 Å². The summed E-state index contributed by atoms with van der Waals surface area (Å²) in [5, 5.41) is 0. The Labute approximate surface area is 75.7 Å². The fourth-order valence-corrected chi connectivity index (χ4v) is 0.545. The van der Waals surface area contributed by atoms with Gasteiger partial charge in [-0.05, 0) is 11.5 Å². The van der Waals surface area contributed by atoms with Gasteiger partial charge >= 0.3 is 8.03 Å². The summed E-state index contributed by atoms with van der Waals surface area (Å²) >= 11 is 0. The molecule has 0 aromatic carbocycles. The van der Waals surface area contributed by atoms with Crippen molar-refractivity contribution in [3.8, 4) is 0 Å². The van der Waals surface area contributed by atoms with Crippen LogP contribution in [0.5, 0.6) is 0 Å². The first-order valence-corrected chi connectivity index (χ1v) is 6.56. The lowest BCUT2D eigenvalue weighted by atomic mass is 10.6. The Morgan fingerprint density at radius 1 is 1.50 bits per heavy atom. The number of rotatable bonds is 3. The van der Waals surface area contributed by atoms with Crippen LogP contribution in [0.25, 0.3) is 0 Å². The van der Waals surface area contributed by atoms with Crippen molar-refractivity contribution in [2.24, 2.45) is 0 Å². The van der Waals surface area contributed by atoms with Crippen LogP contribution in [0.15, 0.2) is 0 Å². The second kappa shape index (κ2) is 9.50. The van der Waals surface area contributed by atoms with E-state index in [1.54, 1.807) is 20.5 Å². The van der Waals surface area contributed by atoms with E-state index in [0.29, 0.717) is 6.61 Å². The molecule has 0 radical (unpaired) electrons. The summed E-state index contributed by atoms with van der Waals surface area (Å²) in [7, 11) is -3.01. The minimum absolute atomic E-state index is 0.0278. The average Bonchev–Trinajstić information content (AvgIpc) is 1.87. The molecule has 0 aromatic heterocycles. The van der Waals surface area contributed by atoms with Crippen LogP contribution in [0.4, 0.5) is 0 Å². The SMILES string of the molecule is CC(C)P(O)O.CCO[P+](C)=O. The maximum Gasteiger partial charge on any atom is 0.504 e. The predicted molar refractivity (Wildman–Crippen MR) is 51.7 cm³/mol. The molecule has 12 heavy (non-hydrogen) atoms. The lowest BCUT2D eigenvalue weighted by Gasteiger charge is -2.01. The number of hydrogen-bond acceptors (Lipinski definition) is 4. The minimum Gasteiger partial charge on any atom is -0.350 e. The van der Waals surface area contributed by atoms with Crippen LogP contribution in [0.2, 0.25) is 0 Å². The Hall–Kier alpha value is 0.410. The van der Waals surface area contributed by atoms with Crippen molar-refractivity contribution in [3.63, 3.8) is 0 Å². The molecule has 6 heteroatoms. The quantitative estimate of drug-likeness (QED) is 0.707. The van der Waals surface area contributed by atoms with Crippen molar-refractivity contribution in [1.29, 1.82) is 0 Å². The Bertz CT molecular complexity index is 110. The Kier molecular flexibility index (Phi) is 11.8. The van der Waals surface area contributed by atoms with Gasteiger partial charge in [0.15, 0.2) is 15.0 Å². The Balaban J connectivity index is 0. The van der Waals surface area contributed by atoms with Crippen molar-refractivity contribution < 1.29 is 18.9 Å². The van der Waals surface area contributed by atoms with E-state index in [-0.39, 0.29) is 5.66 Å². The van der Waals surface area contributed by atoms with Crippen molar-refractivity contribution >= 4 is 16.4 Å². The van der Waals surface area contributed by atoms with E-state index < -0.39 is 16.4 Å². The van der Waals surface area contributed by atoms with Gasteiger partial charge in [-0.25, -0.2) is 0 Å². The summed E-state index contributed by atoms with van der Waals surface area (Å²) in [5.74, 6) is 0. The molecule has 0 aromatic rings. The summed E-state index contributed by atoms with van der Waals surface area (Å²) in [4.78, 5) is 16.5. The summed E-state index contributed by atoms with van der Waals surface area (Å²) in [6.45, 7) is 7.44. The van der Waals surface area contributed by atoms with Gasteiger partial charge < -0.3 is 9.79 Å². The summed E-state index contributed by atoms with van der Waals surface area (Å²) < 4.78 is 14.5. The third-order valence-electron chi connectivity index (χ3n) is 0.773. The largest absolute Gasteiger partial charge is 0.504 e. The lowest BCUT2D eigenvalue weighted by Crippen LogP contribution is -1.87. The molecule has 0 aliphatic heterocycles. The van der Waals surface area contributed by atoms with Crippen LogP contribution < -0.4 is 0 Å². The fourth-order valence-electron chi connectivity index (χ4n) is 0.182. The molecule has 0 spiro atoms. The van der Waals surface area contributed by atoms with Crippen molar-refractivity contribution in [2.75, 3.05) is 13.3 Å². The van der Waals surface area contributed by atoms with E-state index in [1.807, 2.05) is 6.92 Å². The maximum atomic E-state index is 9.97. The monoisotopic (exact) mass is 215 g/mol. The van der Waals surface area contributed by atoms with Gasteiger partial charge in [0.2, 0.25) is 0 Å². The lowest BCUT2D eigenvalue weighted by molar-refractivity contribution is 0.354. The molecular weight excluding hydrogens is 198 g/mol. The zero-order valence-corrected chi connectivity index (χ0v) is 9.68. The van der Waals surface area contributed by atoms with Crippen LogP contribution in [-0.4, -0.2) is 28.7 Å². The molecule has 1 unspecified atom stereocenters. The van der Waals surface area contributed by atoms with E-state index in [4.69, 9.17) is 9.79 Å². The molecule has 2 N–H and O–H groups in total. The molecule has 0 heterocycles. The van der Waals surface area contributed by atoms with E-state index in [1.165, 1.54) is 0 Å². The molecule has 1 atom stereocenters. The standard InChI is InChI=1S/C3H8O2P.C3H9O2P/c1-3-5-6(2)4;1-3(2)6(4)5/h3H2,1-2H3;3-5H,1-2H3/q+1;. The molecule has 0 bridgehead atoms. The topological polar surface area (TPSA) is 66.8 Å². The third kappa shape index (κ3) is 16.8. The van der Waals surface area contributed by atoms with Gasteiger partial charge in [-0.1, -0.05) is 13.8 Å². The molecule has 4 nitrogen and oxygen atoms in total. The summed E-state index contributed by atoms with van der Waals surface area (Å²) in [5.41, 5.74) is 0.0278. The van der Waals surface area contributed by atoms with Gasteiger partial charge in [-0.3, -0.25) is 0 Å². The highest BCUT2D eigenvalue weighted by atomic mass is 31.2. The summed E-state index contributed by atoms with van der Waals surface area (Å²) in [6.07, 6.45) is 0. The Morgan fingerprint density at radius 2 is 1.83 bits per heavy atom. The first-order valence-electron chi connectivity index (χ1n) is 3.62. The minimum atomic E-state index is -1.66. The zero-order valence-electron chi connectivity index (χ0n) is 7.89. The highest BCUT2D eigenvalue weighted by molar-refractivity contribution is 7.45. The fraction of sp³-hybridized carbons (Fsp3) is 1.00. The Morgan fingerprint density at radius 3 is 1.83 bits per heavy atom. The normalized spacial score (nSPS) is 11.2. The van der Waals surface area contributed by atoms with E-state index in [2.05, 4.69) is 4.52 Å². The first-order chi connectivity index (χ1) is 5.41. The molecule has 0 saturated heterocycles. The predicted octanol–water partition coefficient (Wildman–Crippen LogP) is 2.09. The molecule has 0 rings (SSSR count). The van der Waals surface area contributed by atoms with Crippen molar-refractivity contribution in [1.82, 2.24) is 0 Å². The molecule has 74 valence electrons. The van der Waals surface area contributed by atoms with Gasteiger partial charge in [0, 0.05) is 5.66 Å². The molecule has 0 fully saturated rings. The average molecular weight is 215 g/mol.